The predicted molar refractivity (Wildman–Crippen MR) is 115 cm³/mol. The number of rotatable bonds is 9. The lowest BCUT2D eigenvalue weighted by Crippen LogP contribution is -2.38. The average molecular weight is 451 g/mol. The van der Waals surface area contributed by atoms with Crippen LogP contribution in [0.2, 0.25) is 0 Å². The second kappa shape index (κ2) is 11.3. The van der Waals surface area contributed by atoms with E-state index in [4.69, 9.17) is 9.47 Å². The first-order chi connectivity index (χ1) is 15.3. The lowest BCUT2D eigenvalue weighted by molar-refractivity contribution is -0.137. The van der Waals surface area contributed by atoms with E-state index in [9.17, 15) is 18.0 Å². The van der Waals surface area contributed by atoms with Crippen LogP contribution in [0.1, 0.15) is 29.5 Å². The summed E-state index contributed by atoms with van der Waals surface area (Å²) < 4.78 is 49.2. The van der Waals surface area contributed by atoms with E-state index < -0.39 is 11.7 Å². The lowest BCUT2D eigenvalue weighted by atomic mass is 10.1. The summed E-state index contributed by atoms with van der Waals surface area (Å²) in [5, 5.41) is 2.80. The average Bonchev–Trinajstić information content (AvgIpc) is 2.78. The number of carbonyl (C=O) groups excluding carboxylic acids is 1. The van der Waals surface area contributed by atoms with Crippen LogP contribution in [0.5, 0.6) is 5.75 Å². The second-order valence-corrected chi connectivity index (χ2v) is 7.97. The van der Waals surface area contributed by atoms with Gasteiger partial charge in [-0.05, 0) is 55.3 Å². The summed E-state index contributed by atoms with van der Waals surface area (Å²) in [6.45, 7) is 3.32. The normalized spacial score (nSPS) is 15.0. The summed E-state index contributed by atoms with van der Waals surface area (Å²) in [5.74, 6) is 0.481. The molecule has 0 aromatic heterocycles. The molecule has 1 aliphatic rings. The number of alkyl halides is 3. The number of likely N-dealkylation sites (N-methyl/N-ethyl adjacent to an activating group) is 1. The molecule has 0 spiro atoms. The van der Waals surface area contributed by atoms with Gasteiger partial charge in [0.15, 0.2) is 0 Å². The third kappa shape index (κ3) is 7.53. The molecule has 8 heteroatoms. The van der Waals surface area contributed by atoms with Crippen molar-refractivity contribution in [3.8, 4) is 5.75 Å². The Kier molecular flexibility index (Phi) is 8.53. The van der Waals surface area contributed by atoms with Crippen LogP contribution in [0.4, 0.5) is 13.2 Å². The van der Waals surface area contributed by atoms with Crippen LogP contribution in [-0.4, -0.2) is 50.3 Å². The van der Waals surface area contributed by atoms with E-state index in [1.54, 1.807) is 0 Å². The van der Waals surface area contributed by atoms with Crippen molar-refractivity contribution in [3.05, 3.63) is 65.2 Å². The Labute approximate surface area is 186 Å². The highest BCUT2D eigenvalue weighted by molar-refractivity contribution is 5.78. The number of nitrogens with one attached hydrogen (secondary N) is 1. The molecule has 2 aromatic carbocycles. The molecule has 1 aliphatic heterocycles. The van der Waals surface area contributed by atoms with E-state index in [0.717, 1.165) is 56.0 Å². The van der Waals surface area contributed by atoms with Crippen molar-refractivity contribution < 1.29 is 27.4 Å². The molecule has 0 unspecified atom stereocenters. The molecule has 1 amide bonds. The van der Waals surface area contributed by atoms with Gasteiger partial charge in [0.2, 0.25) is 5.91 Å². The molecule has 3 rings (SSSR count). The Morgan fingerprint density at radius 3 is 2.53 bits per heavy atom. The Hall–Kier alpha value is -2.58. The van der Waals surface area contributed by atoms with Crippen LogP contribution < -0.4 is 10.1 Å². The highest BCUT2D eigenvalue weighted by Gasteiger charge is 2.30. The molecule has 1 saturated heterocycles. The molecule has 0 atom stereocenters. The number of hydrogen-bond acceptors (Lipinski definition) is 4. The third-order valence-corrected chi connectivity index (χ3v) is 5.56. The molecule has 174 valence electrons. The van der Waals surface area contributed by atoms with Crippen molar-refractivity contribution in [3.63, 3.8) is 0 Å². The second-order valence-electron chi connectivity index (χ2n) is 7.97. The number of nitrogens with zero attached hydrogens (tertiary/aromatic N) is 1. The molecule has 0 bridgehead atoms. The zero-order valence-electron chi connectivity index (χ0n) is 18.2. The minimum absolute atomic E-state index is 0.0207. The number of halogens is 3. The molecule has 5 nitrogen and oxygen atoms in total. The summed E-state index contributed by atoms with van der Waals surface area (Å²) in [6.07, 6.45) is -2.28. The number of carbonyl (C=O) groups is 1. The summed E-state index contributed by atoms with van der Waals surface area (Å²) >= 11 is 0. The van der Waals surface area contributed by atoms with Crippen LogP contribution >= 0.6 is 0 Å². The number of hydrogen-bond donors (Lipinski definition) is 1. The number of benzene rings is 2. The zero-order chi connectivity index (χ0) is 23.0. The van der Waals surface area contributed by atoms with Crippen molar-refractivity contribution in [1.82, 2.24) is 10.2 Å². The molecule has 0 saturated carbocycles. The quantitative estimate of drug-likeness (QED) is 0.626. The summed E-state index contributed by atoms with van der Waals surface area (Å²) in [4.78, 5) is 14.5. The van der Waals surface area contributed by atoms with Crippen molar-refractivity contribution in [2.75, 3.05) is 33.4 Å². The summed E-state index contributed by atoms with van der Waals surface area (Å²) in [7, 11) is 2.10. The minimum Gasteiger partial charge on any atom is -0.492 e. The first kappa shape index (κ1) is 24.1. The molecule has 1 N–H and O–H groups in total. The standard InChI is InChI=1S/C24H29F3N2O3/c1-29(21-9-12-31-13-10-21)11-14-32-22-4-2-3-19(15-22)17-28-23(30)16-18-5-7-20(8-6-18)24(25,26)27/h2-8,15,21H,9-14,16-17H2,1H3,(H,28,30). The van der Waals surface area contributed by atoms with Crippen molar-refractivity contribution in [2.24, 2.45) is 0 Å². The van der Waals surface area contributed by atoms with Gasteiger partial charge in [-0.1, -0.05) is 24.3 Å². The molecule has 1 heterocycles. The van der Waals surface area contributed by atoms with Gasteiger partial charge in [-0.15, -0.1) is 0 Å². The predicted octanol–water partition coefficient (Wildman–Crippen LogP) is 4.05. The molecule has 2 aromatic rings. The first-order valence-electron chi connectivity index (χ1n) is 10.7. The van der Waals surface area contributed by atoms with Crippen molar-refractivity contribution >= 4 is 5.91 Å². The molecule has 1 fully saturated rings. The largest absolute Gasteiger partial charge is 0.492 e. The van der Waals surface area contributed by atoms with Crippen LogP contribution in [0.15, 0.2) is 48.5 Å². The third-order valence-electron chi connectivity index (χ3n) is 5.56. The summed E-state index contributed by atoms with van der Waals surface area (Å²) in [5.41, 5.74) is 0.694. The molecular weight excluding hydrogens is 421 g/mol. The molecule has 32 heavy (non-hydrogen) atoms. The van der Waals surface area contributed by atoms with Crippen LogP contribution in [0.3, 0.4) is 0 Å². The van der Waals surface area contributed by atoms with Gasteiger partial charge in [0.25, 0.3) is 0 Å². The Morgan fingerprint density at radius 2 is 1.84 bits per heavy atom. The van der Waals surface area contributed by atoms with E-state index in [0.29, 0.717) is 24.8 Å². The van der Waals surface area contributed by atoms with Gasteiger partial charge in [-0.2, -0.15) is 13.2 Å². The maximum atomic E-state index is 12.6. The fraction of sp³-hybridized carbons (Fsp3) is 0.458. The van der Waals surface area contributed by atoms with Crippen LogP contribution in [0.25, 0.3) is 0 Å². The Morgan fingerprint density at radius 1 is 1.12 bits per heavy atom. The minimum atomic E-state index is -4.38. The van der Waals surface area contributed by atoms with E-state index in [-0.39, 0.29) is 12.3 Å². The Balaban J connectivity index is 1.41. The van der Waals surface area contributed by atoms with Gasteiger partial charge in [0.1, 0.15) is 12.4 Å². The number of ether oxygens (including phenoxy) is 2. The topological polar surface area (TPSA) is 50.8 Å². The van der Waals surface area contributed by atoms with Gasteiger partial charge in [0.05, 0.1) is 12.0 Å². The highest BCUT2D eigenvalue weighted by Crippen LogP contribution is 2.29. The molecule has 0 aliphatic carbocycles. The fourth-order valence-corrected chi connectivity index (χ4v) is 3.62. The van der Waals surface area contributed by atoms with Crippen LogP contribution in [-0.2, 0) is 28.7 Å². The zero-order valence-corrected chi connectivity index (χ0v) is 18.2. The van der Waals surface area contributed by atoms with E-state index in [2.05, 4.69) is 17.3 Å². The van der Waals surface area contributed by atoms with E-state index in [1.165, 1.54) is 12.1 Å². The van der Waals surface area contributed by atoms with Gasteiger partial charge >= 0.3 is 6.18 Å². The van der Waals surface area contributed by atoms with Crippen molar-refractivity contribution in [1.29, 1.82) is 0 Å². The smallest absolute Gasteiger partial charge is 0.416 e. The van der Waals surface area contributed by atoms with Crippen LogP contribution in [0, 0.1) is 0 Å². The lowest BCUT2D eigenvalue weighted by Gasteiger charge is -2.31. The van der Waals surface area contributed by atoms with Gasteiger partial charge < -0.3 is 14.8 Å². The van der Waals surface area contributed by atoms with Gasteiger partial charge in [-0.25, -0.2) is 0 Å². The van der Waals surface area contributed by atoms with E-state index >= 15 is 0 Å². The fourth-order valence-electron chi connectivity index (χ4n) is 3.62. The van der Waals surface area contributed by atoms with Gasteiger partial charge in [-0.3, -0.25) is 9.69 Å². The summed E-state index contributed by atoms with van der Waals surface area (Å²) in [6, 6.07) is 12.7. The molecule has 0 radical (unpaired) electrons. The Bertz CT molecular complexity index is 866. The monoisotopic (exact) mass is 450 g/mol. The van der Waals surface area contributed by atoms with E-state index in [1.807, 2.05) is 24.3 Å². The maximum Gasteiger partial charge on any atom is 0.416 e. The van der Waals surface area contributed by atoms with Crippen molar-refractivity contribution in [2.45, 2.75) is 38.0 Å². The first-order valence-corrected chi connectivity index (χ1v) is 10.7. The maximum absolute atomic E-state index is 12.6. The molecular formula is C24H29F3N2O3. The SMILES string of the molecule is CN(CCOc1cccc(CNC(=O)Cc2ccc(C(F)(F)F)cc2)c1)C1CCOCC1. The highest BCUT2D eigenvalue weighted by atomic mass is 19.4. The van der Waals surface area contributed by atoms with Gasteiger partial charge in [0, 0.05) is 32.3 Å². The number of amides is 1.